The first kappa shape index (κ1) is 13.5. The molecule has 0 amide bonds. The van der Waals surface area contributed by atoms with Crippen LogP contribution < -0.4 is 5.73 Å². The van der Waals surface area contributed by atoms with E-state index in [9.17, 15) is 13.2 Å². The first-order valence-electron chi connectivity index (χ1n) is 5.71. The Hall–Kier alpha value is -1.89. The van der Waals surface area contributed by atoms with Crippen LogP contribution in [0.4, 0.5) is 13.2 Å². The molecule has 0 saturated heterocycles. The van der Waals surface area contributed by atoms with Gasteiger partial charge in [-0.25, -0.2) is 0 Å². The number of aromatic nitrogens is 2. The van der Waals surface area contributed by atoms with Crippen LogP contribution >= 0.6 is 0 Å². The van der Waals surface area contributed by atoms with Crippen LogP contribution in [-0.2, 0) is 12.6 Å². The number of alkyl halides is 3. The second-order valence-corrected chi connectivity index (χ2v) is 3.97. The molecule has 2 aromatic rings. The van der Waals surface area contributed by atoms with Crippen LogP contribution in [0.15, 0.2) is 28.7 Å². The predicted octanol–water partition coefficient (Wildman–Crippen LogP) is 2.65. The van der Waals surface area contributed by atoms with Gasteiger partial charge in [0, 0.05) is 12.0 Å². The smallest absolute Gasteiger partial charge is 0.416 e. The van der Waals surface area contributed by atoms with E-state index in [0.29, 0.717) is 30.8 Å². The highest BCUT2D eigenvalue weighted by Gasteiger charge is 2.30. The molecule has 0 bridgehead atoms. The topological polar surface area (TPSA) is 64.9 Å². The molecule has 102 valence electrons. The molecule has 2 N–H and O–H groups in total. The third-order valence-electron chi connectivity index (χ3n) is 2.52. The maximum Gasteiger partial charge on any atom is 0.416 e. The average Bonchev–Trinajstić information content (AvgIpc) is 2.84. The Balaban J connectivity index is 2.16. The molecule has 0 fully saturated rings. The fourth-order valence-corrected chi connectivity index (χ4v) is 1.53. The van der Waals surface area contributed by atoms with E-state index in [-0.39, 0.29) is 5.89 Å². The maximum absolute atomic E-state index is 12.4. The Kier molecular flexibility index (Phi) is 3.84. The summed E-state index contributed by atoms with van der Waals surface area (Å²) in [6.07, 6.45) is -3.07. The summed E-state index contributed by atoms with van der Waals surface area (Å²) in [5.74, 6) is 0.640. The van der Waals surface area contributed by atoms with Crippen LogP contribution in [0, 0.1) is 0 Å². The van der Waals surface area contributed by atoms with Gasteiger partial charge < -0.3 is 10.2 Å². The monoisotopic (exact) mass is 271 g/mol. The highest BCUT2D eigenvalue weighted by Crippen LogP contribution is 2.30. The zero-order valence-electron chi connectivity index (χ0n) is 9.94. The summed E-state index contributed by atoms with van der Waals surface area (Å²) >= 11 is 0. The third-order valence-corrected chi connectivity index (χ3v) is 2.52. The molecule has 19 heavy (non-hydrogen) atoms. The van der Waals surface area contributed by atoms with E-state index < -0.39 is 11.7 Å². The molecule has 7 heteroatoms. The normalized spacial score (nSPS) is 11.8. The van der Waals surface area contributed by atoms with Crippen molar-refractivity contribution in [1.82, 2.24) is 10.2 Å². The van der Waals surface area contributed by atoms with Gasteiger partial charge in [0.1, 0.15) is 0 Å². The Morgan fingerprint density at radius 2 is 1.79 bits per heavy atom. The molecular weight excluding hydrogens is 259 g/mol. The van der Waals surface area contributed by atoms with Crippen molar-refractivity contribution >= 4 is 0 Å². The van der Waals surface area contributed by atoms with Crippen molar-refractivity contribution in [2.75, 3.05) is 6.54 Å². The van der Waals surface area contributed by atoms with E-state index >= 15 is 0 Å². The van der Waals surface area contributed by atoms with Gasteiger partial charge in [0.05, 0.1) is 5.56 Å². The maximum atomic E-state index is 12.4. The fourth-order valence-electron chi connectivity index (χ4n) is 1.53. The van der Waals surface area contributed by atoms with Crippen LogP contribution in [0.25, 0.3) is 11.5 Å². The van der Waals surface area contributed by atoms with E-state index in [1.807, 2.05) is 0 Å². The summed E-state index contributed by atoms with van der Waals surface area (Å²) in [4.78, 5) is 0. The van der Waals surface area contributed by atoms with Crippen molar-refractivity contribution in [3.05, 3.63) is 35.7 Å². The van der Waals surface area contributed by atoms with E-state index in [2.05, 4.69) is 10.2 Å². The summed E-state index contributed by atoms with van der Waals surface area (Å²) in [5, 5.41) is 7.60. The van der Waals surface area contributed by atoms with Crippen LogP contribution in [0.3, 0.4) is 0 Å². The number of aryl methyl sites for hydroxylation is 1. The summed E-state index contributed by atoms with van der Waals surface area (Å²) in [5.41, 5.74) is 5.10. The predicted molar refractivity (Wildman–Crippen MR) is 62.1 cm³/mol. The molecule has 0 aliphatic heterocycles. The summed E-state index contributed by atoms with van der Waals surface area (Å²) in [7, 11) is 0. The van der Waals surface area contributed by atoms with Gasteiger partial charge in [0.15, 0.2) is 0 Å². The Morgan fingerprint density at radius 3 is 2.37 bits per heavy atom. The lowest BCUT2D eigenvalue weighted by Crippen LogP contribution is -2.03. The molecular formula is C12H12F3N3O. The third kappa shape index (κ3) is 3.31. The van der Waals surface area contributed by atoms with Crippen molar-refractivity contribution in [3.8, 4) is 11.5 Å². The largest absolute Gasteiger partial charge is 0.421 e. The van der Waals surface area contributed by atoms with E-state index in [0.717, 1.165) is 12.1 Å². The number of nitrogens with two attached hydrogens (primary N) is 1. The standard InChI is InChI=1S/C12H12F3N3O/c13-12(14,15)9-5-3-8(4-6-9)11-18-17-10(19-11)2-1-7-16/h3-6H,1-2,7,16H2. The molecule has 0 unspecified atom stereocenters. The van der Waals surface area contributed by atoms with Crippen LogP contribution in [-0.4, -0.2) is 16.7 Å². The minimum Gasteiger partial charge on any atom is -0.421 e. The highest BCUT2D eigenvalue weighted by atomic mass is 19.4. The number of rotatable bonds is 4. The molecule has 1 aromatic heterocycles. The van der Waals surface area contributed by atoms with Crippen molar-refractivity contribution < 1.29 is 17.6 Å². The van der Waals surface area contributed by atoms with Gasteiger partial charge in [-0.3, -0.25) is 0 Å². The molecule has 0 spiro atoms. The van der Waals surface area contributed by atoms with Crippen LogP contribution in [0.2, 0.25) is 0 Å². The van der Waals surface area contributed by atoms with Gasteiger partial charge >= 0.3 is 6.18 Å². The number of halogens is 3. The minimum absolute atomic E-state index is 0.209. The van der Waals surface area contributed by atoms with E-state index in [1.165, 1.54) is 12.1 Å². The summed E-state index contributed by atoms with van der Waals surface area (Å²) < 4.78 is 42.5. The first-order valence-corrected chi connectivity index (χ1v) is 5.71. The fraction of sp³-hybridized carbons (Fsp3) is 0.333. The van der Waals surface area contributed by atoms with Gasteiger partial charge in [-0.15, -0.1) is 10.2 Å². The molecule has 0 aliphatic rings. The molecule has 0 radical (unpaired) electrons. The lowest BCUT2D eigenvalue weighted by Gasteiger charge is -2.05. The second kappa shape index (κ2) is 5.40. The molecule has 1 heterocycles. The summed E-state index contributed by atoms with van der Waals surface area (Å²) in [6.45, 7) is 0.512. The Labute approximate surface area is 107 Å². The quantitative estimate of drug-likeness (QED) is 0.928. The highest BCUT2D eigenvalue weighted by molar-refractivity contribution is 5.53. The van der Waals surface area contributed by atoms with Crippen molar-refractivity contribution in [3.63, 3.8) is 0 Å². The van der Waals surface area contributed by atoms with Crippen LogP contribution in [0.5, 0.6) is 0 Å². The number of hydrogen-bond acceptors (Lipinski definition) is 4. The zero-order valence-corrected chi connectivity index (χ0v) is 9.94. The molecule has 0 aliphatic carbocycles. The molecule has 1 aromatic carbocycles. The lowest BCUT2D eigenvalue weighted by molar-refractivity contribution is -0.137. The van der Waals surface area contributed by atoms with E-state index in [1.54, 1.807) is 0 Å². The second-order valence-electron chi connectivity index (χ2n) is 3.97. The zero-order chi connectivity index (χ0) is 13.9. The molecule has 0 atom stereocenters. The van der Waals surface area contributed by atoms with Gasteiger partial charge in [0.25, 0.3) is 0 Å². The average molecular weight is 271 g/mol. The number of nitrogens with zero attached hydrogens (tertiary/aromatic N) is 2. The Morgan fingerprint density at radius 1 is 1.11 bits per heavy atom. The number of benzene rings is 1. The first-order chi connectivity index (χ1) is 9.00. The van der Waals surface area contributed by atoms with Crippen molar-refractivity contribution in [2.45, 2.75) is 19.0 Å². The summed E-state index contributed by atoms with van der Waals surface area (Å²) in [6, 6.07) is 4.59. The van der Waals surface area contributed by atoms with Gasteiger partial charge in [0.2, 0.25) is 11.8 Å². The van der Waals surface area contributed by atoms with E-state index in [4.69, 9.17) is 10.2 Å². The molecule has 0 saturated carbocycles. The van der Waals surface area contributed by atoms with Crippen LogP contribution in [0.1, 0.15) is 17.9 Å². The van der Waals surface area contributed by atoms with Crippen molar-refractivity contribution in [2.24, 2.45) is 5.73 Å². The van der Waals surface area contributed by atoms with Gasteiger partial charge in [-0.1, -0.05) is 0 Å². The number of hydrogen-bond donors (Lipinski definition) is 1. The SMILES string of the molecule is NCCCc1nnc(-c2ccc(C(F)(F)F)cc2)o1. The van der Waals surface area contributed by atoms with Crippen molar-refractivity contribution in [1.29, 1.82) is 0 Å². The van der Waals surface area contributed by atoms with Gasteiger partial charge in [-0.2, -0.15) is 13.2 Å². The Bertz CT molecular complexity index is 534. The minimum atomic E-state index is -4.35. The molecule has 4 nitrogen and oxygen atoms in total. The molecule has 2 rings (SSSR count). The van der Waals surface area contributed by atoms with Gasteiger partial charge in [-0.05, 0) is 37.2 Å². The lowest BCUT2D eigenvalue weighted by atomic mass is 10.1.